The Hall–Kier alpha value is -13.2. The molecule has 0 saturated heterocycles. The third kappa shape index (κ3) is 13.7. The third-order valence-electron chi connectivity index (χ3n) is 20.9. The van der Waals surface area contributed by atoms with Crippen LogP contribution < -0.4 is 21.2 Å². The number of fused-ring (bicyclic) bond motifs is 10. The molecule has 112 heavy (non-hydrogen) atoms. The molecule has 0 amide bonds. The molecular formula is C100H70Ga2N4O6. The van der Waals surface area contributed by atoms with Crippen LogP contribution in [0.2, 0.25) is 0 Å². The van der Waals surface area contributed by atoms with E-state index in [-0.39, 0.29) is 0 Å². The summed E-state index contributed by atoms with van der Waals surface area (Å²) in [4.78, 5) is 19.7. The van der Waals surface area contributed by atoms with Gasteiger partial charge >= 0.3 is 665 Å². The van der Waals surface area contributed by atoms with Crippen LogP contribution >= 0.6 is 0 Å². The van der Waals surface area contributed by atoms with E-state index in [9.17, 15) is 0 Å². The van der Waals surface area contributed by atoms with Crippen LogP contribution in [0.15, 0.2) is 352 Å². The number of hydrogen-bond donors (Lipinski definition) is 0. The number of aryl methyl sites for hydroxylation is 4. The second-order valence-corrected chi connectivity index (χ2v) is 33.7. The van der Waals surface area contributed by atoms with E-state index in [2.05, 4.69) is 279 Å². The van der Waals surface area contributed by atoms with E-state index >= 15 is 0 Å². The van der Waals surface area contributed by atoms with Gasteiger partial charge in [-0.2, -0.15) is 0 Å². The fourth-order valence-electron chi connectivity index (χ4n) is 15.5. The van der Waals surface area contributed by atoms with Gasteiger partial charge in [0.05, 0.1) is 0 Å². The topological polar surface area (TPSA) is 107 Å². The second kappa shape index (κ2) is 30.0. The van der Waals surface area contributed by atoms with Crippen molar-refractivity contribution in [1.29, 1.82) is 0 Å². The maximum absolute atomic E-state index is 7.55. The predicted molar refractivity (Wildman–Crippen MR) is 461 cm³/mol. The van der Waals surface area contributed by atoms with Gasteiger partial charge in [0, 0.05) is 0 Å². The van der Waals surface area contributed by atoms with E-state index in [0.717, 1.165) is 171 Å². The molecule has 0 spiro atoms. The standard InChI is InChI=1S/2C30H20O.4C10H9NO.2Ga/c31-30-28(26-17-7-12-20-9-1-4-14-23(20)26)19-22-11-3-6-16-25(22)29(30)27-18-8-13-21-10-2-5-15-24(21)27;31-30-28(25-15-13-20-7-1-3-9-22(20)17-25)19-24-11-5-6-12-27(24)29(30)26-16-14-21-8-2-4-10-23(21)18-26;4*1-7-5-6-8-3-2-4-9(12)10(8)11-7;;/h2*1-19,31H;4*2-6,12H,1H3;;/q;;;;;;2*+3/p-6. The SMILES string of the molecule is Cc1ccc2cccc([O][Ga]([O]c3c(-c4ccc5ccccc5c4)cc4ccccc4c3-c3ccc4ccccc4c3)[O]c3cccc4ccc(C)nc34)c2n1.Cc1ccc2cccc([O][Ga]([O]c3c(-c4cccc5ccccc45)cc4ccccc4c3-c3cccc4ccccc34)[O]c3cccc4ccc(C)nc34)c2n1. The van der Waals surface area contributed by atoms with Crippen LogP contribution in [0.5, 0.6) is 34.5 Å². The molecule has 0 fully saturated rings. The molecule has 0 saturated carbocycles. The van der Waals surface area contributed by atoms with E-state index in [0.29, 0.717) is 28.7 Å². The molecule has 0 aliphatic carbocycles. The van der Waals surface area contributed by atoms with Crippen LogP contribution in [-0.4, -0.2) is 54.6 Å². The number of para-hydroxylation sites is 4. The van der Waals surface area contributed by atoms with Gasteiger partial charge < -0.3 is 0 Å². The number of aromatic nitrogens is 4. The predicted octanol–water partition coefficient (Wildman–Crippen LogP) is 25.4. The first-order chi connectivity index (χ1) is 55.1. The van der Waals surface area contributed by atoms with Crippen LogP contribution in [0.25, 0.3) is 153 Å². The zero-order valence-electron chi connectivity index (χ0n) is 61.9. The summed E-state index contributed by atoms with van der Waals surface area (Å²) in [5.41, 5.74) is 14.8. The van der Waals surface area contributed by atoms with E-state index in [1.165, 1.54) is 10.8 Å². The normalized spacial score (nSPS) is 11.4. The zero-order chi connectivity index (χ0) is 75.2. The molecule has 12 heteroatoms. The van der Waals surface area contributed by atoms with Crippen LogP contribution in [0.1, 0.15) is 22.8 Å². The zero-order valence-corrected chi connectivity index (χ0v) is 66.7. The van der Waals surface area contributed by atoms with E-state index in [4.69, 9.17) is 41.1 Å². The van der Waals surface area contributed by atoms with Crippen LogP contribution in [0, 0.1) is 27.7 Å². The number of pyridine rings is 4. The second-order valence-electron chi connectivity index (χ2n) is 28.3. The first-order valence-electron chi connectivity index (χ1n) is 37.6. The Morgan fingerprint density at radius 1 is 0.196 bits per heavy atom. The third-order valence-corrected chi connectivity index (χ3v) is 26.4. The van der Waals surface area contributed by atoms with Gasteiger partial charge in [-0.3, -0.25) is 0 Å². The monoisotopic (exact) mass is 1560 g/mol. The van der Waals surface area contributed by atoms with Crippen LogP contribution in [0.4, 0.5) is 0 Å². The molecule has 0 unspecified atom stereocenters. The van der Waals surface area contributed by atoms with Crippen LogP contribution in [-0.2, 0) is 0 Å². The van der Waals surface area contributed by atoms with Crippen molar-refractivity contribution in [2.24, 2.45) is 0 Å². The summed E-state index contributed by atoms with van der Waals surface area (Å²) in [6, 6.07) is 122. The minimum absolute atomic E-state index is 0.625. The summed E-state index contributed by atoms with van der Waals surface area (Å²) in [6.45, 7) is 7.97. The molecule has 0 aliphatic heterocycles. The molecule has 0 N–H and O–H groups in total. The van der Waals surface area contributed by atoms with Gasteiger partial charge in [0.25, 0.3) is 0 Å². The number of rotatable bonds is 16. The van der Waals surface area contributed by atoms with Gasteiger partial charge in [0.15, 0.2) is 0 Å². The van der Waals surface area contributed by atoms with Crippen molar-refractivity contribution in [2.75, 3.05) is 0 Å². The number of nitrogens with zero attached hydrogens (tertiary/aromatic N) is 4. The summed E-state index contributed by atoms with van der Waals surface area (Å²) in [5.74, 6) is 3.93. The van der Waals surface area contributed by atoms with Gasteiger partial charge in [0.2, 0.25) is 0 Å². The fraction of sp³-hybridized carbons (Fsp3) is 0.0400. The summed E-state index contributed by atoms with van der Waals surface area (Å²) in [6.07, 6.45) is 0. The van der Waals surface area contributed by atoms with Crippen molar-refractivity contribution in [1.82, 2.24) is 19.9 Å². The minimum atomic E-state index is -3.94. The molecule has 20 aromatic rings. The molecule has 16 aromatic carbocycles. The van der Waals surface area contributed by atoms with Crippen molar-refractivity contribution in [2.45, 2.75) is 27.7 Å². The summed E-state index contributed by atoms with van der Waals surface area (Å²) < 4.78 is 43.3. The van der Waals surface area contributed by atoms with Gasteiger partial charge in [-0.15, -0.1) is 0 Å². The van der Waals surface area contributed by atoms with E-state index < -0.39 is 34.6 Å². The summed E-state index contributed by atoms with van der Waals surface area (Å²) >= 11 is -7.85. The van der Waals surface area contributed by atoms with Crippen molar-refractivity contribution >= 4 is 143 Å². The fourth-order valence-corrected chi connectivity index (χ4v) is 21.3. The molecular weight excluding hydrogens is 1490 g/mol. The molecule has 0 radical (unpaired) electrons. The Labute approximate surface area is 660 Å². The van der Waals surface area contributed by atoms with E-state index in [1.54, 1.807) is 0 Å². The van der Waals surface area contributed by atoms with Gasteiger partial charge in [-0.1, -0.05) is 0 Å². The Balaban J connectivity index is 0.000000151. The van der Waals surface area contributed by atoms with Gasteiger partial charge in [0.1, 0.15) is 0 Å². The molecule has 4 heterocycles. The summed E-state index contributed by atoms with van der Waals surface area (Å²) in [7, 11) is 0. The Morgan fingerprint density at radius 2 is 0.500 bits per heavy atom. The Bertz CT molecular complexity index is 6910. The van der Waals surface area contributed by atoms with Gasteiger partial charge in [-0.05, 0) is 0 Å². The molecule has 4 aromatic heterocycles. The molecule has 532 valence electrons. The quantitative estimate of drug-likeness (QED) is 0.0868. The Morgan fingerprint density at radius 3 is 0.946 bits per heavy atom. The molecule has 0 aliphatic rings. The number of benzene rings is 16. The maximum atomic E-state index is 7.55. The molecule has 0 bridgehead atoms. The van der Waals surface area contributed by atoms with Crippen LogP contribution in [0.3, 0.4) is 0 Å². The average Bonchev–Trinajstić information content (AvgIpc) is 0.742. The van der Waals surface area contributed by atoms with Crippen molar-refractivity contribution in [3.05, 3.63) is 375 Å². The first-order valence-corrected chi connectivity index (χ1v) is 43.6. The van der Waals surface area contributed by atoms with Crippen molar-refractivity contribution < 1.29 is 21.2 Å². The molecule has 10 nitrogen and oxygen atoms in total. The number of hydrogen-bond acceptors (Lipinski definition) is 10. The Kier molecular flexibility index (Phi) is 18.5. The van der Waals surface area contributed by atoms with Crippen molar-refractivity contribution in [3.8, 4) is 79.0 Å². The summed E-state index contributed by atoms with van der Waals surface area (Å²) in [5, 5.41) is 17.5. The van der Waals surface area contributed by atoms with Gasteiger partial charge in [-0.25, -0.2) is 0 Å². The molecule has 0 atom stereocenters. The average molecular weight is 1560 g/mol. The van der Waals surface area contributed by atoms with Crippen molar-refractivity contribution in [3.63, 3.8) is 0 Å². The molecule has 20 rings (SSSR count). The van der Waals surface area contributed by atoms with E-state index in [1.807, 2.05) is 100 Å². The first kappa shape index (κ1) is 69.3.